The number of rotatable bonds is 10. The molecule has 0 aromatic rings. The largest absolute Gasteiger partial charge is 0.472 e. The van der Waals surface area contributed by atoms with Gasteiger partial charge in [0.1, 0.15) is 0 Å². The molecule has 2 N–H and O–H groups in total. The van der Waals surface area contributed by atoms with Crippen LogP contribution in [0.1, 0.15) is 32.6 Å². The predicted octanol–water partition coefficient (Wildman–Crippen LogP) is 3.17. The average molecular weight is 347 g/mol. The SMILES string of the molecule is CCC[C@H](CCNC(=O)OCC1C=CC=CC1)OP(=O)(O)OC. The van der Waals surface area contributed by atoms with Gasteiger partial charge in [0.25, 0.3) is 0 Å². The third kappa shape index (κ3) is 8.91. The van der Waals surface area contributed by atoms with Gasteiger partial charge in [-0.3, -0.25) is 9.05 Å². The standard InChI is InChI=1S/C15H26NO6P/c1-3-7-14(22-23(18,19)20-2)10-11-16-15(17)21-12-13-8-5-4-6-9-13/h4-6,8,13-14H,3,7,9-12H2,1-2H3,(H,16,17)(H,18,19)/t13?,14-/m1/s1. The molecular formula is C15H26NO6P. The number of allylic oxidation sites excluding steroid dienone is 3. The van der Waals surface area contributed by atoms with E-state index in [1.807, 2.05) is 31.2 Å². The molecular weight excluding hydrogens is 321 g/mol. The third-order valence-corrected chi connectivity index (χ3v) is 4.38. The lowest BCUT2D eigenvalue weighted by atomic mass is 10.0. The minimum Gasteiger partial charge on any atom is -0.449 e. The second-order valence-corrected chi connectivity index (χ2v) is 6.80. The Morgan fingerprint density at radius 3 is 2.83 bits per heavy atom. The van der Waals surface area contributed by atoms with E-state index in [2.05, 4.69) is 9.84 Å². The smallest absolute Gasteiger partial charge is 0.449 e. The fourth-order valence-electron chi connectivity index (χ4n) is 2.13. The van der Waals surface area contributed by atoms with Crippen LogP contribution in [0.25, 0.3) is 0 Å². The van der Waals surface area contributed by atoms with Crippen molar-refractivity contribution in [1.82, 2.24) is 5.32 Å². The van der Waals surface area contributed by atoms with Crippen LogP contribution >= 0.6 is 7.82 Å². The maximum Gasteiger partial charge on any atom is 0.472 e. The molecule has 0 saturated carbocycles. The van der Waals surface area contributed by atoms with Gasteiger partial charge in [-0.2, -0.15) is 0 Å². The first-order chi connectivity index (χ1) is 11.0. The molecule has 1 rings (SSSR count). The number of phosphoric ester groups is 1. The van der Waals surface area contributed by atoms with Crippen LogP contribution in [0, 0.1) is 5.92 Å². The lowest BCUT2D eigenvalue weighted by molar-refractivity contribution is 0.104. The highest BCUT2D eigenvalue weighted by Gasteiger charge is 2.24. The first-order valence-electron chi connectivity index (χ1n) is 7.77. The van der Waals surface area contributed by atoms with Gasteiger partial charge in [-0.05, 0) is 19.3 Å². The Morgan fingerprint density at radius 1 is 1.43 bits per heavy atom. The molecule has 0 fully saturated rings. The maximum absolute atomic E-state index is 11.6. The zero-order chi connectivity index (χ0) is 17.1. The molecule has 23 heavy (non-hydrogen) atoms. The lowest BCUT2D eigenvalue weighted by Gasteiger charge is -2.19. The number of amides is 1. The fraction of sp³-hybridized carbons (Fsp3) is 0.667. The summed E-state index contributed by atoms with van der Waals surface area (Å²) < 4.78 is 26.0. The topological polar surface area (TPSA) is 94.1 Å². The fourth-order valence-corrected chi connectivity index (χ4v) is 2.80. The highest BCUT2D eigenvalue weighted by Crippen LogP contribution is 2.44. The Hall–Kier alpha value is -1.14. The first-order valence-corrected chi connectivity index (χ1v) is 9.27. The Labute approximate surface area is 137 Å². The zero-order valence-corrected chi connectivity index (χ0v) is 14.5. The van der Waals surface area contributed by atoms with Crippen LogP contribution in [0.15, 0.2) is 24.3 Å². The summed E-state index contributed by atoms with van der Waals surface area (Å²) in [6.07, 6.45) is 9.63. The molecule has 0 heterocycles. The van der Waals surface area contributed by atoms with Gasteiger partial charge in [0.05, 0.1) is 12.7 Å². The van der Waals surface area contributed by atoms with E-state index in [4.69, 9.17) is 9.26 Å². The van der Waals surface area contributed by atoms with E-state index < -0.39 is 20.0 Å². The molecule has 3 atom stereocenters. The van der Waals surface area contributed by atoms with Crippen molar-refractivity contribution in [3.05, 3.63) is 24.3 Å². The van der Waals surface area contributed by atoms with Crippen LogP contribution in [-0.4, -0.2) is 37.4 Å². The number of carbonyl (C=O) groups is 1. The number of alkyl carbamates (subject to hydrolysis) is 1. The Morgan fingerprint density at radius 2 is 2.22 bits per heavy atom. The molecule has 0 aliphatic heterocycles. The van der Waals surface area contributed by atoms with Gasteiger partial charge in [0.2, 0.25) is 0 Å². The first kappa shape index (κ1) is 19.9. The van der Waals surface area contributed by atoms with Gasteiger partial charge in [-0.1, -0.05) is 37.6 Å². The highest BCUT2D eigenvalue weighted by atomic mass is 31.2. The molecule has 2 unspecified atom stereocenters. The Kier molecular flexibility index (Phi) is 9.17. The second-order valence-electron chi connectivity index (χ2n) is 5.29. The van der Waals surface area contributed by atoms with Crippen molar-refractivity contribution < 1.29 is 28.0 Å². The van der Waals surface area contributed by atoms with E-state index in [1.54, 1.807) is 0 Å². The number of carbonyl (C=O) groups excluding carboxylic acids is 1. The van der Waals surface area contributed by atoms with Gasteiger partial charge in [-0.25, -0.2) is 9.36 Å². The number of ether oxygens (including phenoxy) is 1. The summed E-state index contributed by atoms with van der Waals surface area (Å²) >= 11 is 0. The van der Waals surface area contributed by atoms with Gasteiger partial charge in [-0.15, -0.1) is 0 Å². The molecule has 0 bridgehead atoms. The molecule has 0 aromatic carbocycles. The van der Waals surface area contributed by atoms with E-state index >= 15 is 0 Å². The third-order valence-electron chi connectivity index (χ3n) is 3.36. The summed E-state index contributed by atoms with van der Waals surface area (Å²) in [5, 5.41) is 2.62. The summed E-state index contributed by atoms with van der Waals surface area (Å²) in [6.45, 7) is 2.57. The second kappa shape index (κ2) is 10.6. The van der Waals surface area contributed by atoms with Crippen molar-refractivity contribution in [2.75, 3.05) is 20.3 Å². The molecule has 0 spiro atoms. The number of hydrogen-bond donors (Lipinski definition) is 2. The summed E-state index contributed by atoms with van der Waals surface area (Å²) in [4.78, 5) is 21.0. The molecule has 8 heteroatoms. The van der Waals surface area contributed by atoms with E-state index in [0.717, 1.165) is 20.0 Å². The Balaban J connectivity index is 2.23. The number of hydrogen-bond acceptors (Lipinski definition) is 5. The van der Waals surface area contributed by atoms with Crippen LogP contribution < -0.4 is 5.32 Å². The van der Waals surface area contributed by atoms with Crippen LogP contribution in [0.3, 0.4) is 0 Å². The van der Waals surface area contributed by atoms with E-state index in [0.29, 0.717) is 26.0 Å². The normalized spacial score (nSPS) is 20.7. The molecule has 132 valence electrons. The minimum absolute atomic E-state index is 0.212. The van der Waals surface area contributed by atoms with Crippen LogP contribution in [0.5, 0.6) is 0 Å². The summed E-state index contributed by atoms with van der Waals surface area (Å²) in [6, 6.07) is 0. The monoisotopic (exact) mass is 347 g/mol. The quantitative estimate of drug-likeness (QED) is 0.590. The molecule has 1 amide bonds. The average Bonchev–Trinajstić information content (AvgIpc) is 2.54. The number of nitrogens with one attached hydrogen (secondary N) is 1. The molecule has 1 aliphatic carbocycles. The summed E-state index contributed by atoms with van der Waals surface area (Å²) in [5.74, 6) is 0.212. The lowest BCUT2D eigenvalue weighted by Crippen LogP contribution is -2.29. The molecule has 0 saturated heterocycles. The maximum atomic E-state index is 11.6. The highest BCUT2D eigenvalue weighted by molar-refractivity contribution is 7.47. The summed E-state index contributed by atoms with van der Waals surface area (Å²) in [7, 11) is -2.89. The molecule has 7 nitrogen and oxygen atoms in total. The minimum atomic E-state index is -4.01. The molecule has 0 radical (unpaired) electrons. The molecule has 0 aromatic heterocycles. The van der Waals surface area contributed by atoms with Crippen molar-refractivity contribution in [2.24, 2.45) is 5.92 Å². The van der Waals surface area contributed by atoms with Crippen molar-refractivity contribution in [3.8, 4) is 0 Å². The zero-order valence-electron chi connectivity index (χ0n) is 13.6. The van der Waals surface area contributed by atoms with E-state index in [9.17, 15) is 14.3 Å². The summed E-state index contributed by atoms with van der Waals surface area (Å²) in [5.41, 5.74) is 0. The van der Waals surface area contributed by atoms with Crippen molar-refractivity contribution in [1.29, 1.82) is 0 Å². The van der Waals surface area contributed by atoms with Gasteiger partial charge >= 0.3 is 13.9 Å². The van der Waals surface area contributed by atoms with Crippen molar-refractivity contribution in [2.45, 2.75) is 38.7 Å². The number of phosphoric acid groups is 1. The van der Waals surface area contributed by atoms with Crippen LogP contribution in [0.2, 0.25) is 0 Å². The predicted molar refractivity (Wildman–Crippen MR) is 87.0 cm³/mol. The van der Waals surface area contributed by atoms with Crippen molar-refractivity contribution in [3.63, 3.8) is 0 Å². The van der Waals surface area contributed by atoms with Gasteiger partial charge in [0.15, 0.2) is 0 Å². The van der Waals surface area contributed by atoms with E-state index in [-0.39, 0.29) is 5.92 Å². The van der Waals surface area contributed by atoms with Crippen LogP contribution in [-0.2, 0) is 18.3 Å². The van der Waals surface area contributed by atoms with Gasteiger partial charge < -0.3 is 14.9 Å². The van der Waals surface area contributed by atoms with Gasteiger partial charge in [0, 0.05) is 19.6 Å². The Bertz CT molecular complexity index is 465. The van der Waals surface area contributed by atoms with Crippen LogP contribution in [0.4, 0.5) is 4.79 Å². The van der Waals surface area contributed by atoms with E-state index in [1.165, 1.54) is 0 Å². The van der Waals surface area contributed by atoms with Crippen molar-refractivity contribution >= 4 is 13.9 Å². The molecule has 1 aliphatic rings.